The fraction of sp³-hybridized carbons (Fsp3) is 0.0714. The fourth-order valence-corrected chi connectivity index (χ4v) is 2.11. The minimum absolute atomic E-state index is 0.284. The molecule has 0 aliphatic rings. The first-order valence-corrected chi connectivity index (χ1v) is 6.94. The van der Waals surface area contributed by atoms with Gasteiger partial charge in [0.1, 0.15) is 11.3 Å². The van der Waals surface area contributed by atoms with Crippen molar-refractivity contribution in [1.29, 1.82) is 0 Å². The van der Waals surface area contributed by atoms with E-state index in [9.17, 15) is 0 Å². The highest BCUT2D eigenvalue weighted by atomic mass is 35.6. The molecule has 3 rings (SSSR count). The molecule has 6 heteroatoms. The second-order valence-electron chi connectivity index (χ2n) is 4.20. The van der Waals surface area contributed by atoms with Crippen molar-refractivity contribution in [3.63, 3.8) is 0 Å². The van der Waals surface area contributed by atoms with Crippen LogP contribution < -0.4 is 0 Å². The van der Waals surface area contributed by atoms with E-state index in [0.29, 0.717) is 0 Å². The Bertz CT molecular complexity index is 735. The van der Waals surface area contributed by atoms with Gasteiger partial charge in [0, 0.05) is 5.39 Å². The van der Waals surface area contributed by atoms with E-state index in [4.69, 9.17) is 39.2 Å². The molecule has 3 aromatic rings. The van der Waals surface area contributed by atoms with Crippen LogP contribution in [0, 0.1) is 0 Å². The smallest absolute Gasteiger partial charge is 0.248 e. The number of aromatic amines is 1. The molecule has 0 saturated heterocycles. The number of fused-ring (bicyclic) bond motifs is 1. The molecule has 1 aromatic carbocycles. The van der Waals surface area contributed by atoms with Gasteiger partial charge in [-0.2, -0.15) is 0 Å². The van der Waals surface area contributed by atoms with Crippen molar-refractivity contribution < 1.29 is 4.42 Å². The Hall–Kier alpha value is -1.42. The van der Waals surface area contributed by atoms with Crippen LogP contribution in [0.2, 0.25) is 0 Å². The van der Waals surface area contributed by atoms with E-state index in [-0.39, 0.29) is 5.82 Å². The fourth-order valence-electron chi connectivity index (χ4n) is 1.82. The van der Waals surface area contributed by atoms with E-state index in [1.54, 1.807) is 6.20 Å². The lowest BCUT2D eigenvalue weighted by atomic mass is 10.2. The van der Waals surface area contributed by atoms with Gasteiger partial charge in [-0.25, -0.2) is 4.98 Å². The molecule has 1 N–H and O–H groups in total. The zero-order valence-corrected chi connectivity index (χ0v) is 12.4. The number of benzene rings is 1. The zero-order chi connectivity index (χ0) is 14.2. The van der Waals surface area contributed by atoms with Crippen LogP contribution in [0.3, 0.4) is 0 Å². The molecule has 0 atom stereocenters. The predicted molar refractivity (Wildman–Crippen MR) is 83.0 cm³/mol. The van der Waals surface area contributed by atoms with Crippen molar-refractivity contribution in [3.05, 3.63) is 53.8 Å². The Morgan fingerprint density at radius 1 is 1.15 bits per heavy atom. The summed E-state index contributed by atoms with van der Waals surface area (Å²) in [5.74, 6) is 1.03. The lowest BCUT2D eigenvalue weighted by Gasteiger charge is -2.04. The summed E-state index contributed by atoms with van der Waals surface area (Å²) < 4.78 is 4.11. The number of para-hydroxylation sites is 1. The third kappa shape index (κ3) is 2.85. The molecule has 3 nitrogen and oxygen atoms in total. The Morgan fingerprint density at radius 2 is 1.95 bits per heavy atom. The molecule has 0 aliphatic heterocycles. The second kappa shape index (κ2) is 5.17. The lowest BCUT2D eigenvalue weighted by Crippen LogP contribution is -2.02. The van der Waals surface area contributed by atoms with Crippen LogP contribution in [0.1, 0.15) is 17.3 Å². The highest BCUT2D eigenvalue weighted by Crippen LogP contribution is 2.36. The third-order valence-corrected chi connectivity index (χ3v) is 3.27. The first-order chi connectivity index (χ1) is 9.52. The van der Waals surface area contributed by atoms with Crippen LogP contribution in [-0.4, -0.2) is 9.97 Å². The topological polar surface area (TPSA) is 41.8 Å². The minimum atomic E-state index is -1.55. The van der Waals surface area contributed by atoms with Gasteiger partial charge in [0.05, 0.1) is 11.9 Å². The number of nitrogens with zero attached hydrogens (tertiary/aromatic N) is 1. The summed E-state index contributed by atoms with van der Waals surface area (Å²) in [6.45, 7) is 0. The zero-order valence-electron chi connectivity index (χ0n) is 10.1. The Kier molecular flexibility index (Phi) is 3.50. The molecule has 0 spiro atoms. The number of nitrogens with one attached hydrogen (secondary N) is 1. The molecular formula is C14H9Cl3N2O. The summed E-state index contributed by atoms with van der Waals surface area (Å²) in [7, 11) is 0. The van der Waals surface area contributed by atoms with Crippen molar-refractivity contribution in [3.8, 4) is 0 Å². The van der Waals surface area contributed by atoms with Crippen LogP contribution >= 0.6 is 34.8 Å². The van der Waals surface area contributed by atoms with Gasteiger partial charge in [0.2, 0.25) is 3.79 Å². The number of aromatic nitrogens is 2. The Morgan fingerprint density at radius 3 is 2.65 bits per heavy atom. The van der Waals surface area contributed by atoms with Crippen molar-refractivity contribution in [2.45, 2.75) is 3.79 Å². The van der Waals surface area contributed by atoms with Crippen molar-refractivity contribution in [2.24, 2.45) is 0 Å². The van der Waals surface area contributed by atoms with Gasteiger partial charge >= 0.3 is 0 Å². The molecule has 2 aromatic heterocycles. The second-order valence-corrected chi connectivity index (χ2v) is 6.49. The summed E-state index contributed by atoms with van der Waals surface area (Å²) >= 11 is 17.2. The van der Waals surface area contributed by atoms with Gasteiger partial charge in [-0.15, -0.1) is 0 Å². The quantitative estimate of drug-likeness (QED) is 0.661. The number of hydrogen-bond donors (Lipinski definition) is 1. The molecule has 0 amide bonds. The van der Waals surface area contributed by atoms with Gasteiger partial charge in [0.15, 0.2) is 5.82 Å². The molecule has 20 heavy (non-hydrogen) atoms. The van der Waals surface area contributed by atoms with Crippen molar-refractivity contribution in [2.75, 3.05) is 0 Å². The van der Waals surface area contributed by atoms with Crippen LogP contribution in [0.4, 0.5) is 0 Å². The molecule has 102 valence electrons. The van der Waals surface area contributed by atoms with E-state index in [1.807, 2.05) is 42.5 Å². The number of halogens is 3. The number of imidazole rings is 1. The Balaban J connectivity index is 1.85. The van der Waals surface area contributed by atoms with Crippen LogP contribution in [0.5, 0.6) is 0 Å². The molecular weight excluding hydrogens is 319 g/mol. The van der Waals surface area contributed by atoms with Crippen LogP contribution in [0.15, 0.2) is 40.9 Å². The summed E-state index contributed by atoms with van der Waals surface area (Å²) in [6, 6.07) is 9.77. The summed E-state index contributed by atoms with van der Waals surface area (Å²) in [6.07, 6.45) is 5.23. The van der Waals surface area contributed by atoms with E-state index in [0.717, 1.165) is 22.4 Å². The molecule has 0 radical (unpaired) electrons. The molecule has 0 fully saturated rings. The number of hydrogen-bond acceptors (Lipinski definition) is 2. The standard InChI is InChI=1S/C14H9Cl3N2O/c15-14(16,17)13-18-8-10(19-13)5-6-11-7-9-3-1-2-4-12(9)20-11/h1-8H,(H,18,19)/b6-5+. The summed E-state index contributed by atoms with van der Waals surface area (Å²) in [5.41, 5.74) is 1.57. The van der Waals surface area contributed by atoms with E-state index in [1.165, 1.54) is 0 Å². The van der Waals surface area contributed by atoms with E-state index >= 15 is 0 Å². The van der Waals surface area contributed by atoms with Crippen molar-refractivity contribution >= 4 is 57.9 Å². The first kappa shape index (κ1) is 13.6. The maximum atomic E-state index is 5.74. The number of H-pyrrole nitrogens is 1. The van der Waals surface area contributed by atoms with Gasteiger partial charge < -0.3 is 9.40 Å². The van der Waals surface area contributed by atoms with Crippen molar-refractivity contribution in [1.82, 2.24) is 9.97 Å². The number of alkyl halides is 3. The summed E-state index contributed by atoms with van der Waals surface area (Å²) in [4.78, 5) is 6.93. The average Bonchev–Trinajstić information content (AvgIpc) is 3.02. The normalized spacial score (nSPS) is 12.6. The van der Waals surface area contributed by atoms with Crippen LogP contribution in [-0.2, 0) is 3.79 Å². The number of rotatable bonds is 2. The molecule has 0 unspecified atom stereocenters. The SMILES string of the molecule is ClC(Cl)(Cl)c1ncc(/C=C/c2cc3ccccc3o2)[nH]1. The molecule has 0 saturated carbocycles. The monoisotopic (exact) mass is 326 g/mol. The highest BCUT2D eigenvalue weighted by molar-refractivity contribution is 6.66. The molecule has 2 heterocycles. The van der Waals surface area contributed by atoms with Crippen LogP contribution in [0.25, 0.3) is 23.1 Å². The maximum absolute atomic E-state index is 5.74. The van der Waals surface area contributed by atoms with Gasteiger partial charge in [-0.05, 0) is 24.3 Å². The minimum Gasteiger partial charge on any atom is -0.457 e. The lowest BCUT2D eigenvalue weighted by molar-refractivity contribution is 0.604. The van der Waals surface area contributed by atoms with Gasteiger partial charge in [-0.1, -0.05) is 53.0 Å². The van der Waals surface area contributed by atoms with Gasteiger partial charge in [-0.3, -0.25) is 0 Å². The Labute approximate surface area is 130 Å². The van der Waals surface area contributed by atoms with E-state index in [2.05, 4.69) is 9.97 Å². The van der Waals surface area contributed by atoms with E-state index < -0.39 is 3.79 Å². The highest BCUT2D eigenvalue weighted by Gasteiger charge is 2.26. The molecule has 0 bridgehead atoms. The summed E-state index contributed by atoms with van der Waals surface area (Å²) in [5, 5.41) is 1.05. The number of furan rings is 1. The first-order valence-electron chi connectivity index (χ1n) is 5.81. The van der Waals surface area contributed by atoms with Gasteiger partial charge in [0.25, 0.3) is 0 Å². The largest absolute Gasteiger partial charge is 0.457 e. The maximum Gasteiger partial charge on any atom is 0.248 e. The third-order valence-electron chi connectivity index (χ3n) is 2.74. The predicted octanol–water partition coefficient (Wildman–Crippen LogP) is 5.15. The molecule has 0 aliphatic carbocycles. The average molecular weight is 328 g/mol.